The Bertz CT molecular complexity index is 841. The third kappa shape index (κ3) is 6.80. The lowest BCUT2D eigenvalue weighted by atomic mass is 9.78. The third-order valence-corrected chi connectivity index (χ3v) is 5.15. The maximum absolute atomic E-state index is 12.0. The van der Waals surface area contributed by atoms with Gasteiger partial charge in [0, 0.05) is 10.8 Å². The molecule has 0 bridgehead atoms. The zero-order chi connectivity index (χ0) is 21.7. The molecule has 29 heavy (non-hydrogen) atoms. The van der Waals surface area contributed by atoms with E-state index in [1.165, 1.54) is 0 Å². The first-order valence-electron chi connectivity index (χ1n) is 9.51. The predicted molar refractivity (Wildman–Crippen MR) is 120 cm³/mol. The molecule has 0 aliphatic carbocycles. The number of benzene rings is 2. The van der Waals surface area contributed by atoms with Gasteiger partial charge in [0.1, 0.15) is 29.2 Å². The van der Waals surface area contributed by atoms with E-state index in [-0.39, 0.29) is 22.3 Å². The summed E-state index contributed by atoms with van der Waals surface area (Å²) in [5, 5.41) is 0. The van der Waals surface area contributed by atoms with Crippen LogP contribution in [0.4, 0.5) is 0 Å². The average Bonchev–Trinajstić information content (AvgIpc) is 2.66. The highest BCUT2D eigenvalue weighted by Gasteiger charge is 2.24. The molecule has 0 radical (unpaired) electrons. The van der Waals surface area contributed by atoms with E-state index >= 15 is 0 Å². The van der Waals surface area contributed by atoms with Crippen molar-refractivity contribution in [3.8, 4) is 11.5 Å². The van der Waals surface area contributed by atoms with Gasteiger partial charge in [0.05, 0.1) is 0 Å². The van der Waals surface area contributed by atoms with Crippen LogP contribution in [0.1, 0.15) is 45.7 Å². The van der Waals surface area contributed by atoms with E-state index in [1.54, 1.807) is 6.08 Å². The van der Waals surface area contributed by atoms with Crippen molar-refractivity contribution in [2.75, 3.05) is 13.2 Å². The van der Waals surface area contributed by atoms with Crippen LogP contribution in [0.2, 0.25) is 0 Å². The van der Waals surface area contributed by atoms with Crippen LogP contribution in [0.15, 0.2) is 59.1 Å². The normalized spacial score (nSPS) is 11.7. The predicted octanol–water partition coefficient (Wildman–Crippen LogP) is 6.70. The van der Waals surface area contributed by atoms with E-state index in [1.807, 2.05) is 69.3 Å². The van der Waals surface area contributed by atoms with Crippen LogP contribution in [-0.4, -0.2) is 19.0 Å². The van der Waals surface area contributed by atoms with Crippen molar-refractivity contribution < 1.29 is 14.3 Å². The quantitative estimate of drug-likeness (QED) is 0.463. The van der Waals surface area contributed by atoms with Gasteiger partial charge >= 0.3 is 0 Å². The van der Waals surface area contributed by atoms with E-state index in [2.05, 4.69) is 13.8 Å². The third-order valence-electron chi connectivity index (χ3n) is 4.85. The van der Waals surface area contributed by atoms with Gasteiger partial charge in [-0.05, 0) is 41.5 Å². The second kappa shape index (κ2) is 9.69. The lowest BCUT2D eigenvalue weighted by molar-refractivity contribution is -0.128. The maximum atomic E-state index is 12.0. The van der Waals surface area contributed by atoms with Gasteiger partial charge in [0.25, 0.3) is 0 Å². The molecule has 2 aromatic rings. The second-order valence-electron chi connectivity index (χ2n) is 8.44. The molecule has 3 nitrogen and oxygen atoms in total. The summed E-state index contributed by atoms with van der Waals surface area (Å²) in [4.78, 5) is 12.0. The molecule has 0 fully saturated rings. The minimum atomic E-state index is -0.398. The molecule has 0 heterocycles. The first-order valence-corrected chi connectivity index (χ1v) is 10.3. The Morgan fingerprint density at radius 1 is 0.828 bits per heavy atom. The Morgan fingerprint density at radius 3 is 1.69 bits per heavy atom. The zero-order valence-corrected chi connectivity index (χ0v) is 19.1. The topological polar surface area (TPSA) is 35.5 Å². The summed E-state index contributed by atoms with van der Waals surface area (Å²) in [6.07, 6.45) is 1.60. The minimum Gasteiger partial charge on any atom is -0.489 e. The van der Waals surface area contributed by atoms with Crippen LogP contribution in [-0.2, 0) is 10.2 Å². The summed E-state index contributed by atoms with van der Waals surface area (Å²) >= 11 is 11.2. The number of carbonyl (C=O) groups is 1. The zero-order valence-electron chi connectivity index (χ0n) is 17.6. The molecule has 0 N–H and O–H groups in total. The Kier molecular flexibility index (Phi) is 7.79. The van der Waals surface area contributed by atoms with Gasteiger partial charge < -0.3 is 9.47 Å². The van der Waals surface area contributed by atoms with Crippen molar-refractivity contribution in [3.05, 3.63) is 70.2 Å². The van der Waals surface area contributed by atoms with Gasteiger partial charge in [-0.1, -0.05) is 82.1 Å². The van der Waals surface area contributed by atoms with Crippen LogP contribution in [0.3, 0.4) is 0 Å². The summed E-state index contributed by atoms with van der Waals surface area (Å²) in [7, 11) is 0. The van der Waals surface area contributed by atoms with Gasteiger partial charge in [-0.2, -0.15) is 0 Å². The van der Waals surface area contributed by atoms with E-state index in [0.717, 1.165) is 16.9 Å². The molecule has 0 saturated heterocycles. The molecule has 0 saturated carbocycles. The van der Waals surface area contributed by atoms with Gasteiger partial charge in [-0.25, -0.2) is 0 Å². The van der Waals surface area contributed by atoms with Crippen molar-refractivity contribution in [1.29, 1.82) is 0 Å². The smallest absolute Gasteiger partial charge is 0.175 e. The number of hydrogen-bond acceptors (Lipinski definition) is 3. The fraction of sp³-hybridized carbons (Fsp3) is 0.375. The van der Waals surface area contributed by atoms with Crippen molar-refractivity contribution in [2.45, 2.75) is 40.0 Å². The lowest BCUT2D eigenvalue weighted by Crippen LogP contribution is -2.26. The molecule has 0 unspecified atom stereocenters. The fourth-order valence-electron chi connectivity index (χ4n) is 2.67. The van der Waals surface area contributed by atoms with Crippen molar-refractivity contribution in [2.24, 2.45) is 5.41 Å². The minimum absolute atomic E-state index is 0.0769. The fourth-order valence-corrected chi connectivity index (χ4v) is 2.79. The van der Waals surface area contributed by atoms with Crippen LogP contribution in [0.25, 0.3) is 0 Å². The summed E-state index contributed by atoms with van der Waals surface area (Å²) in [6, 6.07) is 15.9. The Labute approximate surface area is 183 Å². The molecule has 0 aliphatic heterocycles. The number of halogens is 2. The molecule has 0 aliphatic rings. The van der Waals surface area contributed by atoms with Gasteiger partial charge in [-0.3, -0.25) is 4.79 Å². The van der Waals surface area contributed by atoms with Crippen molar-refractivity contribution in [1.82, 2.24) is 0 Å². The summed E-state index contributed by atoms with van der Waals surface area (Å²) in [5.74, 6) is 1.52. The van der Waals surface area contributed by atoms with Crippen LogP contribution >= 0.6 is 23.2 Å². The largest absolute Gasteiger partial charge is 0.489 e. The molecule has 0 spiro atoms. The van der Waals surface area contributed by atoms with Crippen LogP contribution < -0.4 is 9.47 Å². The van der Waals surface area contributed by atoms with E-state index in [4.69, 9.17) is 32.7 Å². The Hall–Kier alpha value is -1.97. The number of ketones is 1. The van der Waals surface area contributed by atoms with Crippen molar-refractivity contribution in [3.63, 3.8) is 0 Å². The Morgan fingerprint density at radius 2 is 1.28 bits per heavy atom. The highest BCUT2D eigenvalue weighted by atomic mass is 35.5. The summed E-state index contributed by atoms with van der Waals surface area (Å²) < 4.78 is 11.4. The molecule has 2 aromatic carbocycles. The summed E-state index contributed by atoms with van der Waals surface area (Å²) in [6.45, 7) is 10.4. The van der Waals surface area contributed by atoms with E-state index < -0.39 is 5.41 Å². The highest BCUT2D eigenvalue weighted by molar-refractivity contribution is 6.55. The van der Waals surface area contributed by atoms with Gasteiger partial charge in [-0.15, -0.1) is 0 Å². The highest BCUT2D eigenvalue weighted by Crippen LogP contribution is 2.33. The summed E-state index contributed by atoms with van der Waals surface area (Å²) in [5.41, 5.74) is 1.71. The molecule has 5 heteroatoms. The number of rotatable bonds is 8. The second-order valence-corrected chi connectivity index (χ2v) is 9.45. The molecule has 2 rings (SSSR count). The van der Waals surface area contributed by atoms with Crippen molar-refractivity contribution >= 4 is 29.0 Å². The molecule has 156 valence electrons. The molecule has 0 amide bonds. The number of Topliss-reactive ketones (excluding diaryl/α,β-unsaturated/α-hetero) is 1. The Balaban J connectivity index is 2.05. The monoisotopic (exact) mass is 434 g/mol. The van der Waals surface area contributed by atoms with E-state index in [9.17, 15) is 4.79 Å². The van der Waals surface area contributed by atoms with Crippen LogP contribution in [0.5, 0.6) is 11.5 Å². The molecule has 0 aromatic heterocycles. The standard InChI is InChI=1S/C24H28Cl2O3/c1-23(2,3)21(27)16-29-20-12-8-18(9-13-20)24(4,5)17-6-10-19(11-7-17)28-15-14-22(25)26/h6-14H,15-16H2,1-5H3. The molecular formula is C24H28Cl2O3. The van der Waals surface area contributed by atoms with Crippen LogP contribution in [0, 0.1) is 5.41 Å². The average molecular weight is 435 g/mol. The molecular weight excluding hydrogens is 407 g/mol. The molecule has 0 atom stereocenters. The number of carbonyl (C=O) groups excluding carboxylic acids is 1. The van der Waals surface area contributed by atoms with Gasteiger partial charge in [0.15, 0.2) is 5.78 Å². The lowest BCUT2D eigenvalue weighted by Gasteiger charge is -2.26. The maximum Gasteiger partial charge on any atom is 0.175 e. The SMILES string of the molecule is CC(C)(C)C(=O)COc1ccc(C(C)(C)c2ccc(OCC=C(Cl)Cl)cc2)cc1. The number of hydrogen-bond donors (Lipinski definition) is 0. The number of ether oxygens (including phenoxy) is 2. The first kappa shape index (κ1) is 23.3. The first-order chi connectivity index (χ1) is 13.5. The van der Waals surface area contributed by atoms with Gasteiger partial charge in [0.2, 0.25) is 0 Å². The van der Waals surface area contributed by atoms with E-state index in [0.29, 0.717) is 12.4 Å².